The zero-order chi connectivity index (χ0) is 18.2. The molecule has 1 aromatic carbocycles. The van der Waals surface area contributed by atoms with E-state index in [1.165, 1.54) is 4.31 Å². The second kappa shape index (κ2) is 6.89. The van der Waals surface area contributed by atoms with Crippen molar-refractivity contribution in [2.75, 3.05) is 13.2 Å². The normalized spacial score (nSPS) is 15.0. The number of hydrogen-bond acceptors (Lipinski definition) is 5. The maximum Gasteiger partial charge on any atom is 0.359 e. The van der Waals surface area contributed by atoms with Gasteiger partial charge in [-0.25, -0.2) is 13.2 Å². The number of halogens is 1. The molecule has 0 saturated heterocycles. The number of sulfonamides is 1. The summed E-state index contributed by atoms with van der Waals surface area (Å²) in [6.07, 6.45) is 0.494. The van der Waals surface area contributed by atoms with E-state index in [9.17, 15) is 13.2 Å². The molecule has 0 aliphatic carbocycles. The van der Waals surface area contributed by atoms with Crippen LogP contribution in [0.3, 0.4) is 0 Å². The van der Waals surface area contributed by atoms with Crippen molar-refractivity contribution in [1.29, 1.82) is 0 Å². The summed E-state index contributed by atoms with van der Waals surface area (Å²) in [6.45, 7) is 2.41. The Balaban J connectivity index is 1.95. The zero-order valence-electron chi connectivity index (χ0n) is 13.9. The van der Waals surface area contributed by atoms with Crippen LogP contribution in [-0.4, -0.2) is 41.6 Å². The van der Waals surface area contributed by atoms with Gasteiger partial charge >= 0.3 is 5.97 Å². The van der Waals surface area contributed by atoms with Gasteiger partial charge in [-0.3, -0.25) is 4.68 Å². The number of benzene rings is 1. The Morgan fingerprint density at radius 2 is 2.00 bits per heavy atom. The second-order valence-corrected chi connectivity index (χ2v) is 8.51. The van der Waals surface area contributed by atoms with Crippen molar-refractivity contribution in [2.45, 2.75) is 24.8 Å². The van der Waals surface area contributed by atoms with Crippen LogP contribution in [0.4, 0.5) is 0 Å². The lowest BCUT2D eigenvalue weighted by Crippen LogP contribution is -2.36. The fourth-order valence-corrected chi connectivity index (χ4v) is 4.57. The number of ether oxygens (including phenoxy) is 1. The molecule has 134 valence electrons. The fraction of sp³-hybridized carbons (Fsp3) is 0.375. The number of nitrogens with zero attached hydrogens (tertiary/aromatic N) is 3. The van der Waals surface area contributed by atoms with Gasteiger partial charge in [0.1, 0.15) is 0 Å². The molecule has 3 rings (SSSR count). The molecular formula is C16H18BrN3O4S. The van der Waals surface area contributed by atoms with Crippen LogP contribution >= 0.6 is 15.9 Å². The van der Waals surface area contributed by atoms with E-state index in [-0.39, 0.29) is 23.7 Å². The average molecular weight is 428 g/mol. The first kappa shape index (κ1) is 18.1. The number of esters is 1. The molecule has 9 heteroatoms. The van der Waals surface area contributed by atoms with Gasteiger partial charge in [0.2, 0.25) is 10.0 Å². The van der Waals surface area contributed by atoms with Crippen molar-refractivity contribution in [2.24, 2.45) is 7.05 Å². The number of rotatable bonds is 4. The molecule has 25 heavy (non-hydrogen) atoms. The lowest BCUT2D eigenvalue weighted by atomic mass is 10.1. The van der Waals surface area contributed by atoms with Gasteiger partial charge in [0.25, 0.3) is 0 Å². The minimum Gasteiger partial charge on any atom is -0.461 e. The van der Waals surface area contributed by atoms with Crippen LogP contribution in [0.25, 0.3) is 0 Å². The number of fused-ring (bicyclic) bond motifs is 1. The summed E-state index contributed by atoms with van der Waals surface area (Å²) < 4.78 is 34.6. The van der Waals surface area contributed by atoms with Gasteiger partial charge in [0.15, 0.2) is 5.69 Å². The first-order valence-electron chi connectivity index (χ1n) is 7.82. The highest BCUT2D eigenvalue weighted by Gasteiger charge is 2.33. The molecule has 0 unspecified atom stereocenters. The number of aryl methyl sites for hydroxylation is 1. The summed E-state index contributed by atoms with van der Waals surface area (Å²) in [5, 5.41) is 4.23. The molecule has 0 spiro atoms. The molecule has 7 nitrogen and oxygen atoms in total. The molecule has 0 N–H and O–H groups in total. The molecule has 0 saturated carbocycles. The summed E-state index contributed by atoms with van der Waals surface area (Å²) in [4.78, 5) is 12.3. The third kappa shape index (κ3) is 3.36. The highest BCUT2D eigenvalue weighted by atomic mass is 79.9. The highest BCUT2D eigenvalue weighted by Crippen LogP contribution is 2.28. The highest BCUT2D eigenvalue weighted by molar-refractivity contribution is 9.10. The number of carbonyl (C=O) groups is 1. The molecule has 0 atom stereocenters. The van der Waals surface area contributed by atoms with E-state index in [4.69, 9.17) is 4.74 Å². The van der Waals surface area contributed by atoms with Crippen molar-refractivity contribution in [3.63, 3.8) is 0 Å². The third-order valence-corrected chi connectivity index (χ3v) is 6.52. The quantitative estimate of drug-likeness (QED) is 0.697. The standard InChI is InChI=1S/C16H18BrN3O4S/c1-3-24-16(21)15-13-10-20(9-8-14(13)19(2)18-15)25(22,23)12-6-4-11(17)5-7-12/h4-7H,3,8-10H2,1-2H3. The van der Waals surface area contributed by atoms with Crippen molar-refractivity contribution < 1.29 is 17.9 Å². The van der Waals surface area contributed by atoms with E-state index in [1.54, 1.807) is 42.9 Å². The van der Waals surface area contributed by atoms with Crippen LogP contribution in [0.15, 0.2) is 33.6 Å². The van der Waals surface area contributed by atoms with E-state index < -0.39 is 16.0 Å². The Kier molecular flexibility index (Phi) is 4.99. The summed E-state index contributed by atoms with van der Waals surface area (Å²) in [7, 11) is -1.89. The van der Waals surface area contributed by atoms with Crippen LogP contribution in [0.2, 0.25) is 0 Å². The average Bonchev–Trinajstić information content (AvgIpc) is 2.92. The third-order valence-electron chi connectivity index (χ3n) is 4.13. The smallest absolute Gasteiger partial charge is 0.359 e. The van der Waals surface area contributed by atoms with Gasteiger partial charge in [-0.2, -0.15) is 9.40 Å². The number of aromatic nitrogens is 2. The predicted molar refractivity (Wildman–Crippen MR) is 94.6 cm³/mol. The van der Waals surface area contributed by atoms with Gasteiger partial charge in [0, 0.05) is 42.3 Å². The predicted octanol–water partition coefficient (Wildman–Crippen LogP) is 2.11. The van der Waals surface area contributed by atoms with Crippen molar-refractivity contribution >= 4 is 31.9 Å². The number of hydrogen-bond donors (Lipinski definition) is 0. The van der Waals surface area contributed by atoms with Crippen molar-refractivity contribution in [3.05, 3.63) is 45.7 Å². The maximum absolute atomic E-state index is 12.9. The molecule has 0 amide bonds. The summed E-state index contributed by atoms with van der Waals surface area (Å²) in [5.41, 5.74) is 1.67. The van der Waals surface area contributed by atoms with Gasteiger partial charge in [0.05, 0.1) is 11.5 Å². The monoisotopic (exact) mass is 427 g/mol. The SMILES string of the molecule is CCOC(=O)c1nn(C)c2c1CN(S(=O)(=O)c1ccc(Br)cc1)CC2. The molecule has 1 aromatic heterocycles. The Labute approximate surface area is 154 Å². The van der Waals surface area contributed by atoms with Crippen LogP contribution in [-0.2, 0) is 34.8 Å². The second-order valence-electron chi connectivity index (χ2n) is 5.66. The Bertz CT molecular complexity index is 906. The molecule has 2 heterocycles. The van der Waals surface area contributed by atoms with E-state index in [0.29, 0.717) is 18.5 Å². The first-order chi connectivity index (χ1) is 11.8. The van der Waals surface area contributed by atoms with Gasteiger partial charge in [-0.15, -0.1) is 0 Å². The molecule has 0 fully saturated rings. The molecule has 0 bridgehead atoms. The van der Waals surface area contributed by atoms with Crippen LogP contribution in [0, 0.1) is 0 Å². The van der Waals surface area contributed by atoms with E-state index >= 15 is 0 Å². The van der Waals surface area contributed by atoms with Gasteiger partial charge in [-0.1, -0.05) is 15.9 Å². The number of carbonyl (C=O) groups excluding carboxylic acids is 1. The Morgan fingerprint density at radius 1 is 1.32 bits per heavy atom. The van der Waals surface area contributed by atoms with Crippen LogP contribution < -0.4 is 0 Å². The molecule has 0 radical (unpaired) electrons. The largest absolute Gasteiger partial charge is 0.461 e. The minimum absolute atomic E-state index is 0.107. The Hall–Kier alpha value is -1.71. The minimum atomic E-state index is -3.64. The lowest BCUT2D eigenvalue weighted by Gasteiger charge is -2.26. The summed E-state index contributed by atoms with van der Waals surface area (Å²) in [6, 6.07) is 6.50. The summed E-state index contributed by atoms with van der Waals surface area (Å²) >= 11 is 3.30. The summed E-state index contributed by atoms with van der Waals surface area (Å²) in [5.74, 6) is -0.526. The van der Waals surface area contributed by atoms with Gasteiger partial charge < -0.3 is 4.74 Å². The Morgan fingerprint density at radius 3 is 2.64 bits per heavy atom. The zero-order valence-corrected chi connectivity index (χ0v) is 16.3. The molecule has 2 aromatic rings. The lowest BCUT2D eigenvalue weighted by molar-refractivity contribution is 0.0516. The molecule has 1 aliphatic rings. The topological polar surface area (TPSA) is 81.5 Å². The maximum atomic E-state index is 12.9. The van der Waals surface area contributed by atoms with Crippen molar-refractivity contribution in [3.8, 4) is 0 Å². The van der Waals surface area contributed by atoms with Crippen LogP contribution in [0.1, 0.15) is 28.7 Å². The van der Waals surface area contributed by atoms with E-state index in [1.807, 2.05) is 0 Å². The van der Waals surface area contributed by atoms with Gasteiger partial charge in [-0.05, 0) is 31.2 Å². The fourth-order valence-electron chi connectivity index (χ4n) is 2.89. The first-order valence-corrected chi connectivity index (χ1v) is 10.1. The van der Waals surface area contributed by atoms with Crippen LogP contribution in [0.5, 0.6) is 0 Å². The molecule has 1 aliphatic heterocycles. The molecular weight excluding hydrogens is 410 g/mol. The van der Waals surface area contributed by atoms with E-state index in [2.05, 4.69) is 21.0 Å². The van der Waals surface area contributed by atoms with E-state index in [0.717, 1.165) is 10.2 Å². The van der Waals surface area contributed by atoms with Crippen molar-refractivity contribution in [1.82, 2.24) is 14.1 Å².